The first-order chi connectivity index (χ1) is 27.7. The second-order valence-electron chi connectivity index (χ2n) is 14.9. The maximum Gasteiger partial charge on any atom is 0.115 e. The molecule has 1 fully saturated rings. The Morgan fingerprint density at radius 1 is 0.536 bits per heavy atom. The Labute approximate surface area is 333 Å². The fourth-order valence-corrected chi connectivity index (χ4v) is 7.41. The maximum absolute atomic E-state index is 12.4. The lowest BCUT2D eigenvalue weighted by Crippen LogP contribution is -2.69. The SMILES string of the molecule is CCCCCCCCCCn1cc(CN[C@@H]2[C@@H](O)[C@H](OCc3ccccc3)[C@@H](OCc3ccccc3)[C@H](OCc3ccccc3)[C@H]2OCc2ccccc2)nn1. The molecule has 1 aliphatic rings. The molecule has 1 heterocycles. The Balaban J connectivity index is 1.23. The molecule has 2 N–H and O–H groups in total. The van der Waals surface area contributed by atoms with E-state index in [0.29, 0.717) is 33.0 Å². The molecule has 56 heavy (non-hydrogen) atoms. The molecule has 0 radical (unpaired) electrons. The Bertz CT molecular complexity index is 1760. The Kier molecular flexibility index (Phi) is 17.1. The summed E-state index contributed by atoms with van der Waals surface area (Å²) >= 11 is 0. The lowest BCUT2D eigenvalue weighted by molar-refractivity contribution is -0.251. The van der Waals surface area contributed by atoms with E-state index in [0.717, 1.165) is 40.9 Å². The zero-order valence-corrected chi connectivity index (χ0v) is 32.9. The third-order valence-electron chi connectivity index (χ3n) is 10.5. The van der Waals surface area contributed by atoms with Crippen LogP contribution < -0.4 is 5.32 Å². The van der Waals surface area contributed by atoms with Crippen LogP contribution in [0.4, 0.5) is 0 Å². The lowest BCUT2D eigenvalue weighted by Gasteiger charge is -2.49. The number of nitrogens with one attached hydrogen (secondary N) is 1. The molecule has 1 aromatic heterocycles. The number of benzene rings is 4. The summed E-state index contributed by atoms with van der Waals surface area (Å²) in [7, 11) is 0. The molecular formula is C47H60N4O5. The van der Waals surface area contributed by atoms with Gasteiger partial charge >= 0.3 is 0 Å². The number of aryl methyl sites for hydroxylation is 1. The van der Waals surface area contributed by atoms with Crippen LogP contribution >= 0.6 is 0 Å². The number of hydrogen-bond acceptors (Lipinski definition) is 8. The first kappa shape index (κ1) is 41.4. The summed E-state index contributed by atoms with van der Waals surface area (Å²) in [5.41, 5.74) is 4.87. The molecule has 5 aromatic rings. The largest absolute Gasteiger partial charge is 0.389 e. The Hall–Kier alpha value is -4.22. The van der Waals surface area contributed by atoms with E-state index in [2.05, 4.69) is 22.6 Å². The van der Waals surface area contributed by atoms with Crippen molar-refractivity contribution in [2.75, 3.05) is 0 Å². The van der Waals surface area contributed by atoms with Crippen LogP contribution in [-0.2, 0) is 58.5 Å². The van der Waals surface area contributed by atoms with Gasteiger partial charge in [0, 0.05) is 19.3 Å². The van der Waals surface area contributed by atoms with Crippen molar-refractivity contribution in [3.05, 3.63) is 155 Å². The third kappa shape index (κ3) is 12.9. The van der Waals surface area contributed by atoms with Crippen LogP contribution in [0.3, 0.4) is 0 Å². The van der Waals surface area contributed by atoms with E-state index in [1.165, 1.54) is 44.9 Å². The highest BCUT2D eigenvalue weighted by atomic mass is 16.6. The molecule has 4 aromatic carbocycles. The minimum Gasteiger partial charge on any atom is -0.389 e. The van der Waals surface area contributed by atoms with Crippen LogP contribution in [0.15, 0.2) is 128 Å². The van der Waals surface area contributed by atoms with Crippen LogP contribution in [0, 0.1) is 0 Å². The van der Waals surface area contributed by atoms with Crippen molar-refractivity contribution in [1.82, 2.24) is 20.3 Å². The van der Waals surface area contributed by atoms with E-state index < -0.39 is 36.6 Å². The second-order valence-corrected chi connectivity index (χ2v) is 14.9. The molecule has 0 saturated heterocycles. The van der Waals surface area contributed by atoms with Gasteiger partial charge in [-0.2, -0.15) is 0 Å². The molecule has 0 bridgehead atoms. The number of aromatic nitrogens is 3. The van der Waals surface area contributed by atoms with Gasteiger partial charge < -0.3 is 29.4 Å². The van der Waals surface area contributed by atoms with Crippen molar-refractivity contribution in [3.8, 4) is 0 Å². The number of aliphatic hydroxyl groups excluding tert-OH is 1. The first-order valence-electron chi connectivity index (χ1n) is 20.6. The maximum atomic E-state index is 12.4. The Morgan fingerprint density at radius 2 is 0.946 bits per heavy atom. The Morgan fingerprint density at radius 3 is 1.43 bits per heavy atom. The minimum absolute atomic E-state index is 0.300. The highest BCUT2D eigenvalue weighted by molar-refractivity contribution is 5.18. The van der Waals surface area contributed by atoms with Gasteiger partial charge in [0.15, 0.2) is 0 Å². The molecular weight excluding hydrogens is 701 g/mol. The van der Waals surface area contributed by atoms with E-state index in [9.17, 15) is 5.11 Å². The summed E-state index contributed by atoms with van der Waals surface area (Å²) in [6.07, 6.45) is 8.46. The number of hydrogen-bond donors (Lipinski definition) is 2. The molecule has 298 valence electrons. The quantitative estimate of drug-likeness (QED) is 0.0604. The molecule has 1 saturated carbocycles. The number of aliphatic hydroxyl groups is 1. The van der Waals surface area contributed by atoms with Crippen molar-refractivity contribution in [3.63, 3.8) is 0 Å². The zero-order valence-electron chi connectivity index (χ0n) is 32.9. The third-order valence-corrected chi connectivity index (χ3v) is 10.5. The van der Waals surface area contributed by atoms with Crippen LogP contribution in [0.5, 0.6) is 0 Å². The summed E-state index contributed by atoms with van der Waals surface area (Å²) in [6, 6.07) is 39.7. The summed E-state index contributed by atoms with van der Waals surface area (Å²) in [5, 5.41) is 25.0. The minimum atomic E-state index is -1.01. The fourth-order valence-electron chi connectivity index (χ4n) is 7.41. The number of unbranched alkanes of at least 4 members (excludes halogenated alkanes) is 7. The van der Waals surface area contributed by atoms with Crippen LogP contribution in [-0.4, -0.2) is 56.7 Å². The van der Waals surface area contributed by atoms with Crippen molar-refractivity contribution in [2.45, 2.75) is 134 Å². The smallest absolute Gasteiger partial charge is 0.115 e. The average molecular weight is 761 g/mol. The second kappa shape index (κ2) is 23.1. The molecule has 0 unspecified atom stereocenters. The van der Waals surface area contributed by atoms with E-state index in [1.807, 2.05) is 132 Å². The van der Waals surface area contributed by atoms with Crippen LogP contribution in [0.1, 0.15) is 86.2 Å². The van der Waals surface area contributed by atoms with Gasteiger partial charge in [-0.3, -0.25) is 4.68 Å². The predicted octanol–water partition coefficient (Wildman–Crippen LogP) is 8.59. The predicted molar refractivity (Wildman–Crippen MR) is 219 cm³/mol. The van der Waals surface area contributed by atoms with E-state index in [-0.39, 0.29) is 0 Å². The van der Waals surface area contributed by atoms with Gasteiger partial charge in [-0.25, -0.2) is 0 Å². The molecule has 9 heteroatoms. The molecule has 1 aliphatic carbocycles. The van der Waals surface area contributed by atoms with E-state index >= 15 is 0 Å². The first-order valence-corrected chi connectivity index (χ1v) is 20.6. The molecule has 9 nitrogen and oxygen atoms in total. The van der Waals surface area contributed by atoms with Gasteiger partial charge in [0.2, 0.25) is 0 Å². The van der Waals surface area contributed by atoms with Gasteiger partial charge in [0.1, 0.15) is 30.5 Å². The van der Waals surface area contributed by atoms with Gasteiger partial charge in [-0.15, -0.1) is 5.10 Å². The van der Waals surface area contributed by atoms with E-state index in [1.54, 1.807) is 0 Å². The summed E-state index contributed by atoms with van der Waals surface area (Å²) in [4.78, 5) is 0. The molecule has 6 rings (SSSR count). The monoisotopic (exact) mass is 760 g/mol. The van der Waals surface area contributed by atoms with Gasteiger partial charge in [-0.1, -0.05) is 178 Å². The fraction of sp³-hybridized carbons (Fsp3) is 0.447. The molecule has 0 amide bonds. The molecule has 6 atom stereocenters. The van der Waals surface area contributed by atoms with Crippen LogP contribution in [0.2, 0.25) is 0 Å². The van der Waals surface area contributed by atoms with Crippen molar-refractivity contribution < 1.29 is 24.1 Å². The lowest BCUT2D eigenvalue weighted by atomic mass is 9.82. The van der Waals surface area contributed by atoms with Crippen molar-refractivity contribution >= 4 is 0 Å². The van der Waals surface area contributed by atoms with Crippen molar-refractivity contribution in [2.24, 2.45) is 0 Å². The molecule has 0 aliphatic heterocycles. The number of nitrogens with zero attached hydrogens (tertiary/aromatic N) is 3. The van der Waals surface area contributed by atoms with E-state index in [4.69, 9.17) is 18.9 Å². The van der Waals surface area contributed by atoms with Gasteiger partial charge in [-0.05, 0) is 28.7 Å². The summed E-state index contributed by atoms with van der Waals surface area (Å²) in [6.45, 7) is 4.76. The number of ether oxygens (including phenoxy) is 4. The molecule has 0 spiro atoms. The zero-order chi connectivity index (χ0) is 38.6. The highest BCUT2D eigenvalue weighted by Crippen LogP contribution is 2.33. The highest BCUT2D eigenvalue weighted by Gasteiger charge is 2.53. The summed E-state index contributed by atoms with van der Waals surface area (Å²) < 4.78 is 29.1. The topological polar surface area (TPSA) is 99.9 Å². The van der Waals surface area contributed by atoms with Gasteiger partial charge in [0.05, 0.1) is 38.2 Å². The average Bonchev–Trinajstić information content (AvgIpc) is 3.71. The van der Waals surface area contributed by atoms with Crippen molar-refractivity contribution in [1.29, 1.82) is 0 Å². The van der Waals surface area contributed by atoms with Crippen LogP contribution in [0.25, 0.3) is 0 Å². The standard InChI is InChI=1S/C47H60N4O5/c1-2-3-4-5-6-7-8-21-30-51-32-41(49-50-51)31-48-42-43(52)45(54-34-38-24-15-10-16-25-38)47(56-36-40-28-19-12-20-29-40)46(55-35-39-26-17-11-18-27-39)44(42)53-33-37-22-13-9-14-23-37/h9-20,22-29,32,42-48,52H,2-8,21,30-31,33-36H2,1H3/t42-,43-,44+,45+,46-,47-/m1/s1. The number of rotatable bonds is 24. The summed E-state index contributed by atoms with van der Waals surface area (Å²) in [5.74, 6) is 0. The van der Waals surface area contributed by atoms with Gasteiger partial charge in [0.25, 0.3) is 0 Å². The normalized spacial score (nSPS) is 21.0.